The number of hydrogen-bond donors (Lipinski definition) is 1. The zero-order chi connectivity index (χ0) is 17.3. The fourth-order valence-electron chi connectivity index (χ4n) is 1.67. The number of halogens is 4. The number of anilines is 1. The highest BCUT2D eigenvalue weighted by molar-refractivity contribution is 9.10. The van der Waals surface area contributed by atoms with Gasteiger partial charge in [-0.15, -0.1) is 0 Å². The van der Waals surface area contributed by atoms with Crippen LogP contribution in [0.3, 0.4) is 0 Å². The van der Waals surface area contributed by atoms with Crippen molar-refractivity contribution in [3.05, 3.63) is 46.6 Å². The molecule has 0 saturated heterocycles. The largest absolute Gasteiger partial charge is 0.497 e. The maximum absolute atomic E-state index is 12.6. The number of alkyl halides is 3. The van der Waals surface area contributed by atoms with Crippen LogP contribution in [0.5, 0.6) is 5.75 Å². The third kappa shape index (κ3) is 4.14. The van der Waals surface area contributed by atoms with Crippen LogP contribution in [0.2, 0.25) is 0 Å². The summed E-state index contributed by atoms with van der Waals surface area (Å²) in [5.41, 5.74) is -1.19. The van der Waals surface area contributed by atoms with Gasteiger partial charge in [0.15, 0.2) is 0 Å². The molecule has 124 valence electrons. The van der Waals surface area contributed by atoms with E-state index in [1.807, 2.05) is 4.72 Å². The van der Waals surface area contributed by atoms with E-state index in [1.165, 1.54) is 25.3 Å². The Bertz CT molecular complexity index is 825. The second-order valence-corrected chi connectivity index (χ2v) is 6.81. The summed E-state index contributed by atoms with van der Waals surface area (Å²) in [6.07, 6.45) is -4.66. The molecule has 1 N–H and O–H groups in total. The van der Waals surface area contributed by atoms with Gasteiger partial charge in [-0.05, 0) is 46.3 Å². The van der Waals surface area contributed by atoms with Crippen LogP contribution >= 0.6 is 15.9 Å². The van der Waals surface area contributed by atoms with E-state index in [-0.39, 0.29) is 9.37 Å². The fourth-order valence-corrected chi connectivity index (χ4v) is 3.73. The Hall–Kier alpha value is -1.81. The predicted molar refractivity (Wildman–Crippen MR) is 80.7 cm³/mol. The molecule has 0 aliphatic heterocycles. The second kappa shape index (κ2) is 6.36. The van der Waals surface area contributed by atoms with Gasteiger partial charge in [0.1, 0.15) is 22.2 Å². The lowest BCUT2D eigenvalue weighted by atomic mass is 10.3. The molecule has 0 radical (unpaired) electrons. The molecule has 5 nitrogen and oxygen atoms in total. The Morgan fingerprint density at radius 1 is 1.22 bits per heavy atom. The number of sulfonamides is 1. The number of nitrogens with zero attached hydrogens (tertiary/aromatic N) is 1. The van der Waals surface area contributed by atoms with Crippen LogP contribution in [-0.2, 0) is 16.2 Å². The van der Waals surface area contributed by atoms with Crippen molar-refractivity contribution in [1.29, 1.82) is 0 Å². The van der Waals surface area contributed by atoms with E-state index in [9.17, 15) is 21.6 Å². The fraction of sp³-hybridized carbons (Fsp3) is 0.154. The summed E-state index contributed by atoms with van der Waals surface area (Å²) < 4.78 is 69.6. The van der Waals surface area contributed by atoms with Gasteiger partial charge in [-0.2, -0.15) is 13.2 Å². The highest BCUT2D eigenvalue weighted by Crippen LogP contribution is 2.30. The van der Waals surface area contributed by atoms with Crippen molar-refractivity contribution < 1.29 is 26.3 Å². The molecule has 0 aliphatic rings. The minimum absolute atomic E-state index is 0.155. The molecule has 2 rings (SSSR count). The zero-order valence-electron chi connectivity index (χ0n) is 11.6. The lowest BCUT2D eigenvalue weighted by molar-refractivity contribution is -0.141. The van der Waals surface area contributed by atoms with Crippen molar-refractivity contribution in [2.45, 2.75) is 11.1 Å². The minimum atomic E-state index is -4.66. The summed E-state index contributed by atoms with van der Waals surface area (Å²) in [7, 11) is -2.70. The third-order valence-corrected chi connectivity index (χ3v) is 5.04. The van der Waals surface area contributed by atoms with Gasteiger partial charge in [-0.25, -0.2) is 13.4 Å². The normalized spacial score (nSPS) is 12.0. The maximum atomic E-state index is 12.6. The average Bonchev–Trinajstić information content (AvgIpc) is 2.45. The number of pyridine rings is 1. The smallest absolute Gasteiger partial charge is 0.433 e. The Kier molecular flexibility index (Phi) is 4.85. The Balaban J connectivity index is 2.35. The number of methoxy groups -OCH3 is 1. The van der Waals surface area contributed by atoms with E-state index < -0.39 is 27.7 Å². The van der Waals surface area contributed by atoms with E-state index in [2.05, 4.69) is 20.9 Å². The van der Waals surface area contributed by atoms with Crippen molar-refractivity contribution in [3.8, 4) is 5.75 Å². The molecule has 0 fully saturated rings. The lowest BCUT2D eigenvalue weighted by Crippen LogP contribution is -2.16. The van der Waals surface area contributed by atoms with E-state index in [1.54, 1.807) is 0 Å². The molecule has 1 aromatic heterocycles. The molecule has 0 spiro atoms. The van der Waals surface area contributed by atoms with Crippen molar-refractivity contribution in [1.82, 2.24) is 4.98 Å². The maximum Gasteiger partial charge on any atom is 0.433 e. The molecule has 0 bridgehead atoms. The van der Waals surface area contributed by atoms with Crippen molar-refractivity contribution in [2.24, 2.45) is 0 Å². The molecule has 0 atom stereocenters. The van der Waals surface area contributed by atoms with Crippen LogP contribution in [0, 0.1) is 0 Å². The van der Waals surface area contributed by atoms with E-state index in [0.29, 0.717) is 5.75 Å². The van der Waals surface area contributed by atoms with Crippen molar-refractivity contribution in [2.75, 3.05) is 11.8 Å². The van der Waals surface area contributed by atoms with Crippen LogP contribution in [0.1, 0.15) is 5.69 Å². The SMILES string of the molecule is COc1ccc(S(=O)(=O)Nc2cccc(C(F)(F)F)n2)c(Br)c1. The summed E-state index contributed by atoms with van der Waals surface area (Å²) in [5, 5.41) is 0. The highest BCUT2D eigenvalue weighted by atomic mass is 79.9. The van der Waals surface area contributed by atoms with Gasteiger partial charge in [-0.1, -0.05) is 6.07 Å². The minimum Gasteiger partial charge on any atom is -0.497 e. The van der Waals surface area contributed by atoms with Crippen LogP contribution in [0.4, 0.5) is 19.0 Å². The van der Waals surface area contributed by atoms with E-state index >= 15 is 0 Å². The molecule has 1 heterocycles. The molecule has 1 aromatic carbocycles. The zero-order valence-corrected chi connectivity index (χ0v) is 14.0. The highest BCUT2D eigenvalue weighted by Gasteiger charge is 2.32. The van der Waals surface area contributed by atoms with Gasteiger partial charge in [-0.3, -0.25) is 4.72 Å². The van der Waals surface area contributed by atoms with Gasteiger partial charge >= 0.3 is 6.18 Å². The van der Waals surface area contributed by atoms with Gasteiger partial charge in [0.2, 0.25) is 0 Å². The lowest BCUT2D eigenvalue weighted by Gasteiger charge is -2.11. The standard InChI is InChI=1S/C13H10BrF3N2O3S/c1-22-8-5-6-10(9(14)7-8)23(20,21)19-12-4-2-3-11(18-12)13(15,16)17/h2-7H,1H3,(H,18,19). The van der Waals surface area contributed by atoms with Crippen LogP contribution in [0.25, 0.3) is 0 Å². The number of aromatic nitrogens is 1. The summed E-state index contributed by atoms with van der Waals surface area (Å²) in [5.74, 6) is -0.00411. The third-order valence-electron chi connectivity index (χ3n) is 2.71. The molecule has 23 heavy (non-hydrogen) atoms. The van der Waals surface area contributed by atoms with E-state index in [4.69, 9.17) is 4.74 Å². The molecule has 0 saturated carbocycles. The summed E-state index contributed by atoms with van der Waals surface area (Å²) in [4.78, 5) is 3.11. The first kappa shape index (κ1) is 17.5. The first-order valence-electron chi connectivity index (χ1n) is 6.04. The summed E-state index contributed by atoms with van der Waals surface area (Å²) in [6.45, 7) is 0. The molecular weight excluding hydrogens is 401 g/mol. The number of nitrogens with one attached hydrogen (secondary N) is 1. The molecule has 2 aromatic rings. The Morgan fingerprint density at radius 3 is 2.48 bits per heavy atom. The van der Waals surface area contributed by atoms with Gasteiger partial charge in [0.25, 0.3) is 10.0 Å². The monoisotopic (exact) mass is 410 g/mol. The van der Waals surface area contributed by atoms with Gasteiger partial charge in [0.05, 0.1) is 7.11 Å². The predicted octanol–water partition coefficient (Wildman–Crippen LogP) is 3.67. The number of hydrogen-bond acceptors (Lipinski definition) is 4. The molecular formula is C13H10BrF3N2O3S. The quantitative estimate of drug-likeness (QED) is 0.834. The first-order chi connectivity index (χ1) is 10.6. The summed E-state index contributed by atoms with van der Waals surface area (Å²) >= 11 is 3.08. The molecule has 0 unspecified atom stereocenters. The van der Waals surface area contributed by atoms with Crippen molar-refractivity contribution >= 4 is 31.8 Å². The number of rotatable bonds is 4. The van der Waals surface area contributed by atoms with Gasteiger partial charge in [0, 0.05) is 4.47 Å². The Morgan fingerprint density at radius 2 is 1.91 bits per heavy atom. The van der Waals surface area contributed by atoms with Crippen LogP contribution < -0.4 is 9.46 Å². The van der Waals surface area contributed by atoms with E-state index in [0.717, 1.165) is 18.2 Å². The van der Waals surface area contributed by atoms with Crippen LogP contribution in [-0.4, -0.2) is 20.5 Å². The van der Waals surface area contributed by atoms with Crippen molar-refractivity contribution in [3.63, 3.8) is 0 Å². The van der Waals surface area contributed by atoms with Gasteiger partial charge < -0.3 is 4.74 Å². The molecule has 0 amide bonds. The Labute approximate surface area is 138 Å². The molecule has 0 aliphatic carbocycles. The van der Waals surface area contributed by atoms with Crippen LogP contribution in [0.15, 0.2) is 45.8 Å². The number of benzene rings is 1. The second-order valence-electron chi connectivity index (χ2n) is 4.31. The topological polar surface area (TPSA) is 68.3 Å². The summed E-state index contributed by atoms with van der Waals surface area (Å²) in [6, 6.07) is 7.05. The average molecular weight is 411 g/mol. The number of ether oxygens (including phenoxy) is 1. The molecule has 10 heteroatoms. The first-order valence-corrected chi connectivity index (χ1v) is 8.32.